The summed E-state index contributed by atoms with van der Waals surface area (Å²) in [7, 11) is -3.65. The van der Waals surface area contributed by atoms with Gasteiger partial charge in [-0.25, -0.2) is 13.1 Å². The van der Waals surface area contributed by atoms with Gasteiger partial charge >= 0.3 is 0 Å². The molecule has 1 saturated heterocycles. The molecule has 2 aromatic rings. The molecule has 3 rings (SSSR count). The van der Waals surface area contributed by atoms with Crippen molar-refractivity contribution >= 4 is 33.4 Å². The Hall–Kier alpha value is -0.990. The maximum Gasteiger partial charge on any atom is 0.240 e. The van der Waals surface area contributed by atoms with Crippen LogP contribution in [0.4, 0.5) is 0 Å². The van der Waals surface area contributed by atoms with E-state index in [4.69, 9.17) is 16.0 Å². The maximum atomic E-state index is 12.7. The lowest BCUT2D eigenvalue weighted by Crippen LogP contribution is -2.42. The average molecular weight is 401 g/mol. The molecule has 0 spiro atoms. The smallest absolute Gasteiger partial charge is 0.240 e. The van der Waals surface area contributed by atoms with Crippen molar-refractivity contribution in [3.63, 3.8) is 0 Å². The fourth-order valence-electron chi connectivity index (χ4n) is 2.92. The van der Waals surface area contributed by atoms with Crippen LogP contribution in [0.1, 0.15) is 17.4 Å². The number of thioether (sulfide) groups is 1. The Morgan fingerprint density at radius 3 is 2.72 bits per heavy atom. The van der Waals surface area contributed by atoms with Gasteiger partial charge in [-0.3, -0.25) is 4.90 Å². The number of furan rings is 1. The average Bonchev–Trinajstić information content (AvgIpc) is 3.12. The summed E-state index contributed by atoms with van der Waals surface area (Å²) < 4.78 is 33.8. The molecule has 0 radical (unpaired) electrons. The van der Waals surface area contributed by atoms with Gasteiger partial charge < -0.3 is 4.42 Å². The van der Waals surface area contributed by atoms with Gasteiger partial charge in [0.25, 0.3) is 0 Å². The topological polar surface area (TPSA) is 62.6 Å². The molecule has 0 amide bonds. The lowest BCUT2D eigenvalue weighted by Gasteiger charge is -2.33. The second kappa shape index (κ2) is 8.14. The van der Waals surface area contributed by atoms with Gasteiger partial charge in [0, 0.05) is 36.2 Å². The Morgan fingerprint density at radius 2 is 2.04 bits per heavy atom. The molecule has 1 aliphatic rings. The highest BCUT2D eigenvalue weighted by Crippen LogP contribution is 2.26. The molecule has 0 aliphatic carbocycles. The molecule has 1 aromatic heterocycles. The minimum atomic E-state index is -3.65. The minimum Gasteiger partial charge on any atom is -0.468 e. The first-order valence-electron chi connectivity index (χ1n) is 8.09. The van der Waals surface area contributed by atoms with Crippen molar-refractivity contribution < 1.29 is 12.8 Å². The van der Waals surface area contributed by atoms with Gasteiger partial charge in [0.05, 0.1) is 17.2 Å². The molecule has 1 aromatic carbocycles. The summed E-state index contributed by atoms with van der Waals surface area (Å²) in [5.41, 5.74) is 0.556. The predicted octanol–water partition coefficient (Wildman–Crippen LogP) is 3.31. The van der Waals surface area contributed by atoms with E-state index in [-0.39, 0.29) is 17.5 Å². The van der Waals surface area contributed by atoms with Gasteiger partial charge in [0.1, 0.15) is 5.76 Å². The van der Waals surface area contributed by atoms with E-state index >= 15 is 0 Å². The van der Waals surface area contributed by atoms with Gasteiger partial charge in [-0.2, -0.15) is 11.8 Å². The number of nitrogens with one attached hydrogen (secondary N) is 1. The summed E-state index contributed by atoms with van der Waals surface area (Å²) in [6.45, 7) is 3.79. The molecule has 5 nitrogen and oxygen atoms in total. The Balaban J connectivity index is 1.79. The molecule has 1 atom stereocenters. The molecule has 1 N–H and O–H groups in total. The van der Waals surface area contributed by atoms with E-state index in [9.17, 15) is 8.42 Å². The summed E-state index contributed by atoms with van der Waals surface area (Å²) in [4.78, 5) is 2.48. The summed E-state index contributed by atoms with van der Waals surface area (Å²) in [6.07, 6.45) is 1.62. The normalized spacial score (nSPS) is 17.5. The van der Waals surface area contributed by atoms with Crippen molar-refractivity contribution in [1.29, 1.82) is 0 Å². The number of nitrogens with zero attached hydrogens (tertiary/aromatic N) is 1. The second-order valence-corrected chi connectivity index (χ2v) is 9.26. The summed E-state index contributed by atoms with van der Waals surface area (Å²) in [6, 6.07) is 8.51. The van der Waals surface area contributed by atoms with Crippen molar-refractivity contribution in [2.75, 3.05) is 31.1 Å². The standard InChI is InChI=1S/C17H21ClN2O3S2/c1-13-14(18)4-2-6-17(13)25(21,22)19-12-15(16-5-3-9-23-16)20-7-10-24-11-8-20/h2-6,9,15,19H,7-8,10-12H2,1H3/t15-/m0/s1. The van der Waals surface area contributed by atoms with E-state index in [1.807, 2.05) is 23.9 Å². The highest BCUT2D eigenvalue weighted by Gasteiger charge is 2.27. The lowest BCUT2D eigenvalue weighted by atomic mass is 10.2. The molecule has 25 heavy (non-hydrogen) atoms. The molecule has 0 saturated carbocycles. The lowest BCUT2D eigenvalue weighted by molar-refractivity contribution is 0.193. The monoisotopic (exact) mass is 400 g/mol. The first kappa shape index (κ1) is 18.8. The molecular weight excluding hydrogens is 380 g/mol. The van der Waals surface area contributed by atoms with Gasteiger partial charge in [-0.1, -0.05) is 17.7 Å². The maximum absolute atomic E-state index is 12.7. The van der Waals surface area contributed by atoms with Crippen LogP contribution in [-0.2, 0) is 10.0 Å². The van der Waals surface area contributed by atoms with Crippen LogP contribution in [-0.4, -0.2) is 44.5 Å². The Bertz CT molecular complexity index is 803. The van der Waals surface area contributed by atoms with Crippen molar-refractivity contribution in [2.45, 2.75) is 17.9 Å². The summed E-state index contributed by atoms with van der Waals surface area (Å²) in [5, 5.41) is 0.443. The minimum absolute atomic E-state index is 0.120. The Labute approximate surface area is 157 Å². The number of hydrogen-bond donors (Lipinski definition) is 1. The van der Waals surface area contributed by atoms with Crippen LogP contribution in [0.3, 0.4) is 0 Å². The third-order valence-corrected chi connectivity index (χ3v) is 7.25. The van der Waals surface area contributed by atoms with Crippen molar-refractivity contribution in [3.8, 4) is 0 Å². The van der Waals surface area contributed by atoms with E-state index in [0.29, 0.717) is 10.6 Å². The van der Waals surface area contributed by atoms with Crippen LogP contribution in [0.2, 0.25) is 5.02 Å². The van der Waals surface area contributed by atoms with Crippen LogP contribution in [0, 0.1) is 6.92 Å². The zero-order valence-electron chi connectivity index (χ0n) is 13.9. The van der Waals surface area contributed by atoms with Crippen LogP contribution in [0.15, 0.2) is 45.9 Å². The highest BCUT2D eigenvalue weighted by molar-refractivity contribution is 7.99. The molecule has 8 heteroatoms. The molecule has 0 bridgehead atoms. The molecule has 0 unspecified atom stereocenters. The largest absolute Gasteiger partial charge is 0.468 e. The summed E-state index contributed by atoms with van der Waals surface area (Å²) >= 11 is 7.98. The van der Waals surface area contributed by atoms with Gasteiger partial charge in [-0.15, -0.1) is 0 Å². The van der Waals surface area contributed by atoms with E-state index in [1.165, 1.54) is 0 Å². The first-order valence-corrected chi connectivity index (χ1v) is 11.1. The third-order valence-electron chi connectivity index (χ3n) is 4.33. The van der Waals surface area contributed by atoms with Gasteiger partial charge in [0.2, 0.25) is 10.0 Å². The fourth-order valence-corrected chi connectivity index (χ4v) is 5.39. The van der Waals surface area contributed by atoms with Gasteiger partial charge in [-0.05, 0) is 36.8 Å². The van der Waals surface area contributed by atoms with Crippen molar-refractivity contribution in [1.82, 2.24) is 9.62 Å². The molecule has 1 fully saturated rings. The Kier molecular flexibility index (Phi) is 6.12. The van der Waals surface area contributed by atoms with Crippen LogP contribution < -0.4 is 4.72 Å². The quantitative estimate of drug-likeness (QED) is 0.805. The van der Waals surface area contributed by atoms with Gasteiger partial charge in [0.15, 0.2) is 0 Å². The van der Waals surface area contributed by atoms with E-state index in [0.717, 1.165) is 30.4 Å². The van der Waals surface area contributed by atoms with E-state index < -0.39 is 10.0 Å². The van der Waals surface area contributed by atoms with Crippen LogP contribution in [0.5, 0.6) is 0 Å². The number of hydrogen-bond acceptors (Lipinski definition) is 5. The van der Waals surface area contributed by atoms with E-state index in [1.54, 1.807) is 31.4 Å². The zero-order chi connectivity index (χ0) is 17.9. The van der Waals surface area contributed by atoms with Crippen LogP contribution >= 0.6 is 23.4 Å². The van der Waals surface area contributed by atoms with E-state index in [2.05, 4.69) is 9.62 Å². The van der Waals surface area contributed by atoms with Crippen molar-refractivity contribution in [3.05, 3.63) is 52.9 Å². The van der Waals surface area contributed by atoms with Crippen LogP contribution in [0.25, 0.3) is 0 Å². The third kappa shape index (κ3) is 4.41. The zero-order valence-corrected chi connectivity index (χ0v) is 16.3. The highest BCUT2D eigenvalue weighted by atomic mass is 35.5. The molecule has 1 aliphatic heterocycles. The number of benzene rings is 1. The Morgan fingerprint density at radius 1 is 1.28 bits per heavy atom. The number of sulfonamides is 1. The first-order chi connectivity index (χ1) is 12.0. The fraction of sp³-hybridized carbons (Fsp3) is 0.412. The van der Waals surface area contributed by atoms with Crippen molar-refractivity contribution in [2.24, 2.45) is 0 Å². The second-order valence-electron chi connectivity index (χ2n) is 5.89. The molecule has 136 valence electrons. The number of rotatable bonds is 6. The predicted molar refractivity (Wildman–Crippen MR) is 102 cm³/mol. The molecular formula is C17H21ClN2O3S2. The summed E-state index contributed by atoms with van der Waals surface area (Å²) in [5.74, 6) is 2.85. The molecule has 2 heterocycles. The SMILES string of the molecule is Cc1c(Cl)cccc1S(=O)(=O)NC[C@@H](c1ccco1)N1CCSCC1. The number of halogens is 1.